The Kier molecular flexibility index (Phi) is 7.09. The molecule has 0 unspecified atom stereocenters. The SMILES string of the molecule is Cc1c(-c2ccccc2)cccc1-c1nc2cc(CN[C@H](C(=O)O)[C@H](C)O)c(OC(F)F)cc2o1. The van der Waals surface area contributed by atoms with Crippen LogP contribution in [0.3, 0.4) is 0 Å². The van der Waals surface area contributed by atoms with Crippen molar-refractivity contribution in [3.8, 4) is 28.3 Å². The second kappa shape index (κ2) is 10.2. The number of ether oxygens (including phenoxy) is 1. The maximum absolute atomic E-state index is 13.1. The van der Waals surface area contributed by atoms with Crippen LogP contribution in [0.15, 0.2) is 65.1 Å². The van der Waals surface area contributed by atoms with E-state index in [9.17, 15) is 23.8 Å². The number of oxazole rings is 1. The van der Waals surface area contributed by atoms with Crippen LogP contribution in [0.25, 0.3) is 33.7 Å². The number of alkyl halides is 2. The Hall–Kier alpha value is -3.82. The quantitative estimate of drug-likeness (QED) is 0.309. The largest absolute Gasteiger partial charge is 0.480 e. The van der Waals surface area contributed by atoms with Crippen LogP contribution in [0.1, 0.15) is 18.1 Å². The van der Waals surface area contributed by atoms with Crippen LogP contribution in [0.4, 0.5) is 8.78 Å². The summed E-state index contributed by atoms with van der Waals surface area (Å²) >= 11 is 0. The van der Waals surface area contributed by atoms with Gasteiger partial charge in [0.2, 0.25) is 5.89 Å². The number of carboxylic acid groups (broad SMARTS) is 1. The van der Waals surface area contributed by atoms with Crippen LogP contribution in [0.2, 0.25) is 0 Å². The van der Waals surface area contributed by atoms with E-state index in [-0.39, 0.29) is 23.4 Å². The molecule has 9 heteroatoms. The summed E-state index contributed by atoms with van der Waals surface area (Å²) in [5.74, 6) is -1.13. The lowest BCUT2D eigenvalue weighted by atomic mass is 9.96. The summed E-state index contributed by atoms with van der Waals surface area (Å²) in [7, 11) is 0. The van der Waals surface area contributed by atoms with Gasteiger partial charge >= 0.3 is 12.6 Å². The van der Waals surface area contributed by atoms with Crippen molar-refractivity contribution in [3.05, 3.63) is 71.8 Å². The number of aromatic nitrogens is 1. The smallest absolute Gasteiger partial charge is 0.387 e. The zero-order valence-electron chi connectivity index (χ0n) is 19.0. The number of fused-ring (bicyclic) bond motifs is 1. The van der Waals surface area contributed by atoms with E-state index in [1.54, 1.807) is 0 Å². The Morgan fingerprint density at radius 2 is 1.83 bits per heavy atom. The maximum Gasteiger partial charge on any atom is 0.387 e. The average Bonchev–Trinajstić information content (AvgIpc) is 3.21. The fourth-order valence-corrected chi connectivity index (χ4v) is 3.94. The first-order valence-electron chi connectivity index (χ1n) is 10.9. The minimum atomic E-state index is -3.09. The molecule has 0 saturated heterocycles. The highest BCUT2D eigenvalue weighted by molar-refractivity contribution is 5.82. The molecule has 0 saturated carbocycles. The molecule has 2 atom stereocenters. The van der Waals surface area contributed by atoms with E-state index in [0.29, 0.717) is 11.4 Å². The first-order valence-corrected chi connectivity index (χ1v) is 10.9. The number of hydrogen-bond donors (Lipinski definition) is 3. The number of carboxylic acids is 1. The lowest BCUT2D eigenvalue weighted by molar-refractivity contribution is -0.142. The van der Waals surface area contributed by atoms with Gasteiger partial charge < -0.3 is 19.4 Å². The molecule has 0 aliphatic rings. The molecule has 4 aromatic rings. The van der Waals surface area contributed by atoms with E-state index in [1.165, 1.54) is 19.1 Å². The average molecular weight is 482 g/mol. The molecule has 3 N–H and O–H groups in total. The summed E-state index contributed by atoms with van der Waals surface area (Å²) in [4.78, 5) is 15.9. The summed E-state index contributed by atoms with van der Waals surface area (Å²) in [5, 5.41) is 21.6. The Labute approximate surface area is 200 Å². The highest BCUT2D eigenvalue weighted by atomic mass is 19.3. The number of nitrogens with one attached hydrogen (secondary N) is 1. The van der Waals surface area contributed by atoms with Crippen molar-refractivity contribution < 1.29 is 32.9 Å². The predicted octanol–water partition coefficient (Wildman–Crippen LogP) is 5.00. The van der Waals surface area contributed by atoms with E-state index >= 15 is 0 Å². The van der Waals surface area contributed by atoms with Gasteiger partial charge in [-0.05, 0) is 42.7 Å². The summed E-state index contributed by atoms with van der Waals surface area (Å²) in [6.45, 7) is 0.0340. The molecule has 0 bridgehead atoms. The van der Waals surface area contributed by atoms with Crippen LogP contribution in [0.5, 0.6) is 5.75 Å². The van der Waals surface area contributed by atoms with E-state index < -0.39 is 24.7 Å². The van der Waals surface area contributed by atoms with Crippen molar-refractivity contribution >= 4 is 17.1 Å². The summed E-state index contributed by atoms with van der Waals surface area (Å²) < 4.78 is 36.7. The van der Waals surface area contributed by atoms with Crippen molar-refractivity contribution in [2.24, 2.45) is 0 Å². The van der Waals surface area contributed by atoms with Crippen molar-refractivity contribution in [3.63, 3.8) is 0 Å². The Morgan fingerprint density at radius 3 is 2.49 bits per heavy atom. The van der Waals surface area contributed by atoms with E-state index in [2.05, 4.69) is 15.0 Å². The summed E-state index contributed by atoms with van der Waals surface area (Å²) in [6.07, 6.45) is -1.20. The molecule has 0 aliphatic heterocycles. The second-order valence-corrected chi connectivity index (χ2v) is 8.11. The van der Waals surface area contributed by atoms with Gasteiger partial charge in [0.1, 0.15) is 17.3 Å². The first-order chi connectivity index (χ1) is 16.7. The molecule has 4 rings (SSSR count). The number of aliphatic hydroxyl groups is 1. The first kappa shape index (κ1) is 24.3. The summed E-state index contributed by atoms with van der Waals surface area (Å²) in [5.41, 5.74) is 4.63. The van der Waals surface area contributed by atoms with Crippen LogP contribution in [-0.4, -0.2) is 39.9 Å². The number of benzene rings is 3. The van der Waals surface area contributed by atoms with Crippen LogP contribution in [-0.2, 0) is 11.3 Å². The minimum Gasteiger partial charge on any atom is -0.480 e. The Morgan fingerprint density at radius 1 is 1.11 bits per heavy atom. The van der Waals surface area contributed by atoms with Crippen molar-refractivity contribution in [1.82, 2.24) is 10.3 Å². The second-order valence-electron chi connectivity index (χ2n) is 8.11. The third kappa shape index (κ3) is 5.31. The van der Waals surface area contributed by atoms with Crippen molar-refractivity contribution in [2.75, 3.05) is 0 Å². The highest BCUT2D eigenvalue weighted by Gasteiger charge is 2.24. The number of aliphatic carboxylic acids is 1. The molecule has 0 fully saturated rings. The standard InChI is InChI=1S/C26H24F2N2O5/c1-14-18(16-7-4-3-5-8-16)9-6-10-19(14)24-30-20-11-17(13-29-23(15(2)31)25(32)33)21(35-26(27)28)12-22(20)34-24/h3-12,15,23,26,29,31H,13H2,1-2H3,(H,32,33)/t15-,23-/m0/s1. The molecular weight excluding hydrogens is 458 g/mol. The number of carbonyl (C=O) groups is 1. The van der Waals surface area contributed by atoms with Crippen molar-refractivity contribution in [1.29, 1.82) is 0 Å². The summed E-state index contributed by atoms with van der Waals surface area (Å²) in [6, 6.07) is 17.1. The normalized spacial score (nSPS) is 13.2. The Balaban J connectivity index is 1.73. The van der Waals surface area contributed by atoms with Gasteiger partial charge in [-0.3, -0.25) is 10.1 Å². The molecule has 0 aliphatic carbocycles. The molecule has 3 aromatic carbocycles. The molecule has 1 aromatic heterocycles. The van der Waals surface area contributed by atoms with Gasteiger partial charge in [-0.15, -0.1) is 0 Å². The molecule has 7 nitrogen and oxygen atoms in total. The van der Waals surface area contributed by atoms with Crippen LogP contribution < -0.4 is 10.1 Å². The van der Waals surface area contributed by atoms with Gasteiger partial charge in [0.15, 0.2) is 5.58 Å². The highest BCUT2D eigenvalue weighted by Crippen LogP contribution is 2.35. The zero-order valence-corrected chi connectivity index (χ0v) is 19.0. The molecule has 0 spiro atoms. The predicted molar refractivity (Wildman–Crippen MR) is 126 cm³/mol. The van der Waals surface area contributed by atoms with Gasteiger partial charge in [-0.1, -0.05) is 42.5 Å². The molecule has 182 valence electrons. The topological polar surface area (TPSA) is 105 Å². The van der Waals surface area contributed by atoms with Crippen LogP contribution in [0, 0.1) is 6.92 Å². The van der Waals surface area contributed by atoms with Gasteiger partial charge in [-0.2, -0.15) is 8.78 Å². The number of rotatable bonds is 9. The number of hydrogen-bond acceptors (Lipinski definition) is 6. The monoisotopic (exact) mass is 482 g/mol. The lowest BCUT2D eigenvalue weighted by Crippen LogP contribution is -2.44. The number of halogens is 2. The minimum absolute atomic E-state index is 0.148. The van der Waals surface area contributed by atoms with E-state index in [1.807, 2.05) is 55.5 Å². The van der Waals surface area contributed by atoms with Gasteiger partial charge in [-0.25, -0.2) is 4.98 Å². The molecular formula is C26H24F2N2O5. The van der Waals surface area contributed by atoms with E-state index in [4.69, 9.17) is 4.42 Å². The fraction of sp³-hybridized carbons (Fsp3) is 0.231. The number of nitrogens with zero attached hydrogens (tertiary/aromatic N) is 1. The molecule has 0 amide bonds. The van der Waals surface area contributed by atoms with Gasteiger partial charge in [0.25, 0.3) is 0 Å². The van der Waals surface area contributed by atoms with Gasteiger partial charge in [0.05, 0.1) is 6.10 Å². The maximum atomic E-state index is 13.1. The third-order valence-corrected chi connectivity index (χ3v) is 5.70. The number of aliphatic hydroxyl groups excluding tert-OH is 1. The third-order valence-electron chi connectivity index (χ3n) is 5.70. The Bertz CT molecular complexity index is 1340. The van der Waals surface area contributed by atoms with Gasteiger partial charge in [0, 0.05) is 23.7 Å². The van der Waals surface area contributed by atoms with E-state index in [0.717, 1.165) is 22.3 Å². The zero-order chi connectivity index (χ0) is 25.1. The molecule has 1 heterocycles. The fourth-order valence-electron chi connectivity index (χ4n) is 3.94. The van der Waals surface area contributed by atoms with Crippen molar-refractivity contribution in [2.45, 2.75) is 39.1 Å². The molecule has 35 heavy (non-hydrogen) atoms. The lowest BCUT2D eigenvalue weighted by Gasteiger charge is -2.18. The van der Waals surface area contributed by atoms with Crippen LogP contribution >= 0.6 is 0 Å². The molecule has 0 radical (unpaired) electrons.